The maximum Gasteiger partial charge on any atom is 0.255 e. The largest absolute Gasteiger partial charge is 0.497 e. The van der Waals surface area contributed by atoms with Gasteiger partial charge in [0.15, 0.2) is 0 Å². The molecular weight excluding hydrogens is 416 g/mol. The highest BCUT2D eigenvalue weighted by atomic mass is 16.5. The molecule has 166 valence electrons. The van der Waals surface area contributed by atoms with Gasteiger partial charge in [0.2, 0.25) is 0 Å². The first-order valence-electron chi connectivity index (χ1n) is 10.4. The van der Waals surface area contributed by atoms with Crippen LogP contribution in [-0.4, -0.2) is 32.2 Å². The number of methoxy groups -OCH3 is 3. The van der Waals surface area contributed by atoms with Gasteiger partial charge in [-0.1, -0.05) is 18.2 Å². The third-order valence-corrected chi connectivity index (χ3v) is 5.16. The minimum Gasteiger partial charge on any atom is -0.497 e. The molecule has 0 bridgehead atoms. The van der Waals surface area contributed by atoms with E-state index < -0.39 is 0 Å². The summed E-state index contributed by atoms with van der Waals surface area (Å²) < 4.78 is 15.8. The Kier molecular flexibility index (Phi) is 6.55. The van der Waals surface area contributed by atoms with Gasteiger partial charge in [-0.15, -0.1) is 0 Å². The lowest BCUT2D eigenvalue weighted by molar-refractivity contribution is 0.102. The lowest BCUT2D eigenvalue weighted by atomic mass is 10.1. The van der Waals surface area contributed by atoms with Gasteiger partial charge in [0.25, 0.3) is 5.91 Å². The highest BCUT2D eigenvalue weighted by Gasteiger charge is 2.11. The third kappa shape index (κ3) is 5.13. The first-order chi connectivity index (χ1) is 16.1. The predicted octanol–water partition coefficient (Wildman–Crippen LogP) is 5.69. The fraction of sp³-hybridized carbons (Fsp3) is 0.111. The second kappa shape index (κ2) is 9.87. The molecule has 4 rings (SSSR count). The lowest BCUT2D eigenvalue weighted by Crippen LogP contribution is -2.12. The van der Waals surface area contributed by atoms with Crippen LogP contribution in [-0.2, 0) is 0 Å². The van der Waals surface area contributed by atoms with E-state index in [0.29, 0.717) is 22.7 Å². The number of anilines is 1. The quantitative estimate of drug-likeness (QED) is 0.400. The van der Waals surface area contributed by atoms with Crippen LogP contribution in [0.2, 0.25) is 0 Å². The molecule has 0 saturated carbocycles. The van der Waals surface area contributed by atoms with Crippen molar-refractivity contribution in [1.82, 2.24) is 4.98 Å². The monoisotopic (exact) mass is 440 g/mol. The van der Waals surface area contributed by atoms with E-state index in [1.54, 1.807) is 39.5 Å². The minimum absolute atomic E-state index is 0.260. The van der Waals surface area contributed by atoms with E-state index in [9.17, 15) is 4.79 Å². The molecule has 6 nitrogen and oxygen atoms in total. The molecule has 1 heterocycles. The summed E-state index contributed by atoms with van der Waals surface area (Å²) in [6.45, 7) is 0. The number of amides is 1. The fourth-order valence-electron chi connectivity index (χ4n) is 3.42. The summed E-state index contributed by atoms with van der Waals surface area (Å²) in [5.74, 6) is 1.64. The summed E-state index contributed by atoms with van der Waals surface area (Å²) in [5, 5.41) is 2.94. The molecule has 0 aliphatic carbocycles. The van der Waals surface area contributed by atoms with Crippen LogP contribution < -0.4 is 19.5 Å². The zero-order valence-electron chi connectivity index (χ0n) is 18.7. The van der Waals surface area contributed by atoms with Crippen LogP contribution in [0.4, 0.5) is 5.69 Å². The van der Waals surface area contributed by atoms with E-state index in [1.807, 2.05) is 66.7 Å². The van der Waals surface area contributed by atoms with Crippen LogP contribution in [0.15, 0.2) is 84.9 Å². The van der Waals surface area contributed by atoms with Gasteiger partial charge in [0, 0.05) is 28.4 Å². The number of hydrogen-bond acceptors (Lipinski definition) is 5. The number of nitrogens with one attached hydrogen (secondary N) is 1. The van der Waals surface area contributed by atoms with Crippen LogP contribution in [0.25, 0.3) is 22.5 Å². The molecule has 4 aromatic rings. The van der Waals surface area contributed by atoms with Crippen LogP contribution in [0.5, 0.6) is 17.2 Å². The summed E-state index contributed by atoms with van der Waals surface area (Å²) in [6.07, 6.45) is 0. The minimum atomic E-state index is -0.260. The highest BCUT2D eigenvalue weighted by molar-refractivity contribution is 6.05. The summed E-state index contributed by atoms with van der Waals surface area (Å²) in [7, 11) is 4.74. The molecular formula is C27H24N2O4. The average Bonchev–Trinajstić information content (AvgIpc) is 2.88. The van der Waals surface area contributed by atoms with Crippen LogP contribution >= 0.6 is 0 Å². The molecule has 0 radical (unpaired) electrons. The van der Waals surface area contributed by atoms with Crippen LogP contribution in [0.3, 0.4) is 0 Å². The Bertz CT molecular complexity index is 1250. The molecule has 0 fully saturated rings. The average molecular weight is 440 g/mol. The lowest BCUT2D eigenvalue weighted by Gasteiger charge is -2.11. The Morgan fingerprint density at radius 3 is 1.91 bits per heavy atom. The normalized spacial score (nSPS) is 10.4. The summed E-state index contributed by atoms with van der Waals surface area (Å²) in [6, 6.07) is 26.3. The van der Waals surface area contributed by atoms with Crippen molar-refractivity contribution in [2.24, 2.45) is 0 Å². The first kappa shape index (κ1) is 21.9. The molecule has 0 aliphatic heterocycles. The molecule has 33 heavy (non-hydrogen) atoms. The number of hydrogen-bond donors (Lipinski definition) is 1. The molecule has 1 aromatic heterocycles. The highest BCUT2D eigenvalue weighted by Crippen LogP contribution is 2.27. The van der Waals surface area contributed by atoms with Crippen LogP contribution in [0.1, 0.15) is 10.4 Å². The van der Waals surface area contributed by atoms with Crippen molar-refractivity contribution in [3.05, 3.63) is 90.5 Å². The topological polar surface area (TPSA) is 69.7 Å². The summed E-state index contributed by atoms with van der Waals surface area (Å²) in [4.78, 5) is 17.6. The van der Waals surface area contributed by atoms with Crippen molar-refractivity contribution in [2.75, 3.05) is 26.6 Å². The van der Waals surface area contributed by atoms with Gasteiger partial charge < -0.3 is 19.5 Å². The number of pyridine rings is 1. The van der Waals surface area contributed by atoms with Crippen molar-refractivity contribution >= 4 is 11.6 Å². The zero-order valence-corrected chi connectivity index (χ0v) is 18.7. The maximum atomic E-state index is 12.8. The predicted molar refractivity (Wildman–Crippen MR) is 129 cm³/mol. The van der Waals surface area contributed by atoms with Crippen molar-refractivity contribution in [2.45, 2.75) is 0 Å². The Balaban J connectivity index is 1.58. The van der Waals surface area contributed by atoms with Gasteiger partial charge in [0.05, 0.1) is 32.7 Å². The SMILES string of the molecule is COc1ccc(-c2cccc(-c3cccc(NC(=O)c4cc(OC)cc(OC)c4)c3)n2)cc1. The molecule has 0 saturated heterocycles. The summed E-state index contributed by atoms with van der Waals surface area (Å²) >= 11 is 0. The molecule has 0 atom stereocenters. The smallest absolute Gasteiger partial charge is 0.255 e. The Morgan fingerprint density at radius 2 is 1.27 bits per heavy atom. The van der Waals surface area contributed by atoms with E-state index in [0.717, 1.165) is 28.3 Å². The van der Waals surface area contributed by atoms with Gasteiger partial charge in [0.1, 0.15) is 17.2 Å². The van der Waals surface area contributed by atoms with Crippen molar-refractivity contribution in [3.63, 3.8) is 0 Å². The number of aromatic nitrogens is 1. The number of benzene rings is 3. The van der Waals surface area contributed by atoms with Gasteiger partial charge in [-0.25, -0.2) is 4.98 Å². The zero-order chi connectivity index (χ0) is 23.2. The number of ether oxygens (including phenoxy) is 3. The molecule has 0 aliphatic rings. The molecule has 3 aromatic carbocycles. The molecule has 0 unspecified atom stereocenters. The maximum absolute atomic E-state index is 12.8. The number of rotatable bonds is 7. The van der Waals surface area contributed by atoms with E-state index in [1.165, 1.54) is 0 Å². The van der Waals surface area contributed by atoms with E-state index >= 15 is 0 Å². The number of carbonyl (C=O) groups is 1. The van der Waals surface area contributed by atoms with Gasteiger partial charge in [-0.05, 0) is 60.7 Å². The first-order valence-corrected chi connectivity index (χ1v) is 10.4. The van der Waals surface area contributed by atoms with Crippen molar-refractivity contribution < 1.29 is 19.0 Å². The molecule has 0 spiro atoms. The Hall–Kier alpha value is -4.32. The third-order valence-electron chi connectivity index (χ3n) is 5.16. The van der Waals surface area contributed by atoms with E-state index in [-0.39, 0.29) is 5.91 Å². The van der Waals surface area contributed by atoms with Crippen LogP contribution in [0, 0.1) is 0 Å². The van der Waals surface area contributed by atoms with E-state index in [4.69, 9.17) is 19.2 Å². The molecule has 1 N–H and O–H groups in total. The summed E-state index contributed by atoms with van der Waals surface area (Å²) in [5.41, 5.74) is 4.66. The van der Waals surface area contributed by atoms with Crippen molar-refractivity contribution in [1.29, 1.82) is 0 Å². The number of nitrogens with zero attached hydrogens (tertiary/aromatic N) is 1. The van der Waals surface area contributed by atoms with Gasteiger partial charge >= 0.3 is 0 Å². The van der Waals surface area contributed by atoms with E-state index in [2.05, 4.69) is 5.32 Å². The fourth-order valence-corrected chi connectivity index (χ4v) is 3.42. The molecule has 6 heteroatoms. The van der Waals surface area contributed by atoms with Gasteiger partial charge in [-0.2, -0.15) is 0 Å². The van der Waals surface area contributed by atoms with Crippen molar-refractivity contribution in [3.8, 4) is 39.8 Å². The van der Waals surface area contributed by atoms with Gasteiger partial charge in [-0.3, -0.25) is 4.79 Å². The Morgan fingerprint density at radius 1 is 0.667 bits per heavy atom. The number of carbonyl (C=O) groups excluding carboxylic acids is 1. The standard InChI is InChI=1S/C27H24N2O4/c1-31-22-12-10-18(11-13-22)25-8-5-9-26(29-25)19-6-4-7-21(14-19)28-27(30)20-15-23(32-2)17-24(16-20)33-3/h4-17H,1-3H3,(H,28,30). The second-order valence-corrected chi connectivity index (χ2v) is 7.27. The molecule has 1 amide bonds. The second-order valence-electron chi connectivity index (χ2n) is 7.27. The Labute approximate surface area is 192 Å².